The van der Waals surface area contributed by atoms with Crippen molar-refractivity contribution in [3.63, 3.8) is 0 Å². The SMILES string of the molecule is C=CCOc1ccccc1CNC(=NCc1ccccc1)NCC(=O)N(C)C.I. The number of nitrogens with zero attached hydrogens (tertiary/aromatic N) is 2. The van der Waals surface area contributed by atoms with Crippen LogP contribution in [0.4, 0.5) is 0 Å². The molecule has 2 N–H and O–H groups in total. The number of aliphatic imine (C=N–C) groups is 1. The second-order valence-electron chi connectivity index (χ2n) is 6.35. The quantitative estimate of drug-likeness (QED) is 0.237. The maximum atomic E-state index is 11.9. The number of hydrogen-bond donors (Lipinski definition) is 2. The Labute approximate surface area is 190 Å². The van der Waals surface area contributed by atoms with E-state index < -0.39 is 0 Å². The molecule has 1 amide bonds. The number of benzene rings is 2. The number of carbonyl (C=O) groups excluding carboxylic acids is 1. The van der Waals surface area contributed by atoms with E-state index in [1.54, 1.807) is 25.1 Å². The lowest BCUT2D eigenvalue weighted by atomic mass is 10.2. The van der Waals surface area contributed by atoms with E-state index in [-0.39, 0.29) is 36.4 Å². The van der Waals surface area contributed by atoms with Gasteiger partial charge < -0.3 is 20.3 Å². The number of guanidine groups is 1. The van der Waals surface area contributed by atoms with Crippen molar-refractivity contribution in [2.24, 2.45) is 4.99 Å². The molecule has 0 aromatic heterocycles. The number of para-hydroxylation sites is 1. The highest BCUT2D eigenvalue weighted by Crippen LogP contribution is 2.17. The van der Waals surface area contributed by atoms with Gasteiger partial charge in [0.25, 0.3) is 0 Å². The molecule has 156 valence electrons. The minimum absolute atomic E-state index is 0. The molecule has 2 aromatic rings. The summed E-state index contributed by atoms with van der Waals surface area (Å²) in [5.41, 5.74) is 2.09. The van der Waals surface area contributed by atoms with Gasteiger partial charge >= 0.3 is 0 Å². The number of rotatable bonds is 9. The van der Waals surface area contributed by atoms with Crippen molar-refractivity contribution in [3.8, 4) is 5.75 Å². The molecule has 6 nitrogen and oxygen atoms in total. The average molecular weight is 508 g/mol. The summed E-state index contributed by atoms with van der Waals surface area (Å²) in [6.07, 6.45) is 1.71. The number of carbonyl (C=O) groups is 1. The van der Waals surface area contributed by atoms with Crippen LogP contribution < -0.4 is 15.4 Å². The van der Waals surface area contributed by atoms with Gasteiger partial charge in [0.1, 0.15) is 12.4 Å². The summed E-state index contributed by atoms with van der Waals surface area (Å²) < 4.78 is 5.70. The lowest BCUT2D eigenvalue weighted by Gasteiger charge is -2.16. The molecule has 2 aromatic carbocycles. The van der Waals surface area contributed by atoms with Crippen LogP contribution in [0.1, 0.15) is 11.1 Å². The van der Waals surface area contributed by atoms with Crippen molar-refractivity contribution < 1.29 is 9.53 Å². The Morgan fingerprint density at radius 2 is 1.79 bits per heavy atom. The molecular weight excluding hydrogens is 479 g/mol. The number of hydrogen-bond acceptors (Lipinski definition) is 3. The Hall–Kier alpha value is -2.55. The maximum absolute atomic E-state index is 11.9. The van der Waals surface area contributed by atoms with Gasteiger partial charge in [-0.05, 0) is 11.6 Å². The summed E-state index contributed by atoms with van der Waals surface area (Å²) in [6, 6.07) is 17.8. The number of halogens is 1. The van der Waals surface area contributed by atoms with E-state index in [1.165, 1.54) is 0 Å². The Balaban J connectivity index is 0.00000420. The minimum atomic E-state index is -0.0241. The average Bonchev–Trinajstić information content (AvgIpc) is 2.72. The standard InChI is InChI=1S/C22H28N4O2.HI/c1-4-14-28-20-13-9-8-12-19(20)16-24-22(25-17-21(27)26(2)3)23-15-18-10-6-5-7-11-18;/h4-13H,1,14-17H2,2-3H3,(H2,23,24,25);1H. The third-order valence-corrected chi connectivity index (χ3v) is 3.94. The van der Waals surface area contributed by atoms with Crippen molar-refractivity contribution in [1.82, 2.24) is 15.5 Å². The fourth-order valence-electron chi connectivity index (χ4n) is 2.36. The highest BCUT2D eigenvalue weighted by Gasteiger charge is 2.08. The Morgan fingerprint density at radius 1 is 1.10 bits per heavy atom. The highest BCUT2D eigenvalue weighted by atomic mass is 127. The summed E-state index contributed by atoms with van der Waals surface area (Å²) in [5.74, 6) is 1.34. The fraction of sp³-hybridized carbons (Fsp3) is 0.273. The van der Waals surface area contributed by atoms with Crippen LogP contribution in [0.5, 0.6) is 5.75 Å². The van der Waals surface area contributed by atoms with Crippen molar-refractivity contribution >= 4 is 35.8 Å². The van der Waals surface area contributed by atoms with Crippen LogP contribution in [-0.2, 0) is 17.9 Å². The van der Waals surface area contributed by atoms with Crippen molar-refractivity contribution in [2.45, 2.75) is 13.1 Å². The Kier molecular flexibility index (Phi) is 11.5. The lowest BCUT2D eigenvalue weighted by molar-refractivity contribution is -0.127. The topological polar surface area (TPSA) is 66.0 Å². The van der Waals surface area contributed by atoms with E-state index in [4.69, 9.17) is 4.74 Å². The molecule has 7 heteroatoms. The molecule has 0 aliphatic carbocycles. The molecule has 0 saturated carbocycles. The van der Waals surface area contributed by atoms with Crippen molar-refractivity contribution in [2.75, 3.05) is 27.2 Å². The van der Waals surface area contributed by atoms with Crippen LogP contribution in [-0.4, -0.2) is 44.0 Å². The Morgan fingerprint density at radius 3 is 2.48 bits per heavy atom. The third kappa shape index (κ3) is 8.99. The van der Waals surface area contributed by atoms with E-state index in [2.05, 4.69) is 22.2 Å². The number of amides is 1. The second-order valence-corrected chi connectivity index (χ2v) is 6.35. The van der Waals surface area contributed by atoms with E-state index >= 15 is 0 Å². The first kappa shape index (κ1) is 24.5. The predicted octanol–water partition coefficient (Wildman–Crippen LogP) is 3.19. The number of likely N-dealkylation sites (N-methyl/N-ethyl adjacent to an activating group) is 1. The Bertz CT molecular complexity index is 794. The van der Waals surface area contributed by atoms with Gasteiger partial charge in [-0.15, -0.1) is 24.0 Å². The third-order valence-electron chi connectivity index (χ3n) is 3.94. The van der Waals surface area contributed by atoms with Gasteiger partial charge in [0.05, 0.1) is 13.1 Å². The fourth-order valence-corrected chi connectivity index (χ4v) is 2.36. The van der Waals surface area contributed by atoms with Gasteiger partial charge in [-0.2, -0.15) is 0 Å². The molecule has 0 radical (unpaired) electrons. The smallest absolute Gasteiger partial charge is 0.241 e. The van der Waals surface area contributed by atoms with E-state index in [0.717, 1.165) is 16.9 Å². The molecule has 0 fully saturated rings. The summed E-state index contributed by atoms with van der Waals surface area (Å²) in [7, 11) is 3.46. The predicted molar refractivity (Wildman–Crippen MR) is 129 cm³/mol. The molecular formula is C22H29IN4O2. The molecule has 0 atom stereocenters. The zero-order valence-electron chi connectivity index (χ0n) is 16.9. The van der Waals surface area contributed by atoms with Gasteiger partial charge in [0.2, 0.25) is 5.91 Å². The molecule has 0 aliphatic rings. The first-order valence-corrected chi connectivity index (χ1v) is 9.18. The summed E-state index contributed by atoms with van der Waals surface area (Å²) in [4.78, 5) is 18.1. The van der Waals surface area contributed by atoms with Crippen LogP contribution in [0.3, 0.4) is 0 Å². The second kappa shape index (κ2) is 13.6. The van der Waals surface area contributed by atoms with Crippen LogP contribution in [0.15, 0.2) is 72.2 Å². The molecule has 0 spiro atoms. The lowest BCUT2D eigenvalue weighted by Crippen LogP contribution is -2.42. The van der Waals surface area contributed by atoms with E-state index in [1.807, 2.05) is 54.6 Å². The monoisotopic (exact) mass is 508 g/mol. The van der Waals surface area contributed by atoms with Crippen molar-refractivity contribution in [1.29, 1.82) is 0 Å². The summed E-state index contributed by atoms with van der Waals surface area (Å²) in [5, 5.41) is 6.37. The largest absolute Gasteiger partial charge is 0.489 e. The summed E-state index contributed by atoms with van der Waals surface area (Å²) in [6.45, 7) is 5.33. The minimum Gasteiger partial charge on any atom is -0.489 e. The van der Waals surface area contributed by atoms with Crippen molar-refractivity contribution in [3.05, 3.63) is 78.4 Å². The molecule has 29 heavy (non-hydrogen) atoms. The highest BCUT2D eigenvalue weighted by molar-refractivity contribution is 14.0. The molecule has 0 heterocycles. The van der Waals surface area contributed by atoms with Crippen LogP contribution in [0.25, 0.3) is 0 Å². The first-order valence-electron chi connectivity index (χ1n) is 9.18. The molecule has 0 saturated heterocycles. The number of ether oxygens (including phenoxy) is 1. The van der Waals surface area contributed by atoms with Crippen LogP contribution >= 0.6 is 24.0 Å². The van der Waals surface area contributed by atoms with Gasteiger partial charge in [0.15, 0.2) is 5.96 Å². The van der Waals surface area contributed by atoms with E-state index in [0.29, 0.717) is 25.7 Å². The van der Waals surface area contributed by atoms with Crippen LogP contribution in [0, 0.1) is 0 Å². The molecule has 0 aliphatic heterocycles. The maximum Gasteiger partial charge on any atom is 0.241 e. The van der Waals surface area contributed by atoms with Gasteiger partial charge in [-0.25, -0.2) is 4.99 Å². The zero-order valence-corrected chi connectivity index (χ0v) is 19.3. The zero-order chi connectivity index (χ0) is 20.2. The van der Waals surface area contributed by atoms with Gasteiger partial charge in [-0.1, -0.05) is 61.2 Å². The molecule has 0 unspecified atom stereocenters. The normalized spacial score (nSPS) is 10.5. The van der Waals surface area contributed by atoms with Gasteiger partial charge in [-0.3, -0.25) is 4.79 Å². The van der Waals surface area contributed by atoms with Gasteiger partial charge in [0, 0.05) is 26.2 Å². The first-order chi connectivity index (χ1) is 13.6. The molecule has 0 bridgehead atoms. The number of nitrogens with one attached hydrogen (secondary N) is 2. The summed E-state index contributed by atoms with van der Waals surface area (Å²) >= 11 is 0. The van der Waals surface area contributed by atoms with E-state index in [9.17, 15) is 4.79 Å². The molecule has 2 rings (SSSR count). The van der Waals surface area contributed by atoms with Crippen LogP contribution in [0.2, 0.25) is 0 Å².